The number of anilines is 2. The van der Waals surface area contributed by atoms with Crippen LogP contribution >= 0.6 is 11.3 Å². The fourth-order valence-corrected chi connectivity index (χ4v) is 5.39. The van der Waals surface area contributed by atoms with Gasteiger partial charge in [0.05, 0.1) is 27.7 Å². The lowest BCUT2D eigenvalue weighted by molar-refractivity contribution is -0.122. The molecule has 2 aliphatic rings. The van der Waals surface area contributed by atoms with Crippen LogP contribution in [0.25, 0.3) is 10.2 Å². The molecule has 1 saturated heterocycles. The number of nitrogens with zero attached hydrogens (tertiary/aromatic N) is 2. The largest absolute Gasteiger partial charge is 0.298 e. The van der Waals surface area contributed by atoms with E-state index >= 15 is 0 Å². The first-order valence-corrected chi connectivity index (χ1v) is 11.0. The molecule has 1 aromatic heterocycles. The standard InChI is InChI=1S/C23H21N3O3S/c1-13-9-10-16-17(11-13)22(29)26(21(16)28)15-6-4-5-14(12-15)20(27)25-23-24-18-7-2-3-8-19(18)30-23/h2-8,12-13,16-17H,9-11H2,1H3,(H,24,25,27)/t13-,16-,17+/m0/s1. The number of fused-ring (bicyclic) bond motifs is 2. The van der Waals surface area contributed by atoms with E-state index in [2.05, 4.69) is 17.2 Å². The monoisotopic (exact) mass is 419 g/mol. The van der Waals surface area contributed by atoms with E-state index in [1.807, 2.05) is 24.3 Å². The van der Waals surface area contributed by atoms with Crippen molar-refractivity contribution in [2.75, 3.05) is 10.2 Å². The number of hydrogen-bond acceptors (Lipinski definition) is 5. The molecule has 1 saturated carbocycles. The molecule has 1 aliphatic heterocycles. The summed E-state index contributed by atoms with van der Waals surface area (Å²) in [6.45, 7) is 2.13. The Bertz CT molecular complexity index is 1140. The molecule has 6 nitrogen and oxygen atoms in total. The molecule has 5 rings (SSSR count). The second kappa shape index (κ2) is 7.32. The number of para-hydroxylation sites is 1. The lowest BCUT2D eigenvalue weighted by Crippen LogP contribution is -2.31. The van der Waals surface area contributed by atoms with Gasteiger partial charge in [-0.3, -0.25) is 24.6 Å². The molecule has 7 heteroatoms. The van der Waals surface area contributed by atoms with Crippen molar-refractivity contribution in [3.63, 3.8) is 0 Å². The van der Waals surface area contributed by atoms with Crippen LogP contribution in [0.2, 0.25) is 0 Å². The van der Waals surface area contributed by atoms with Gasteiger partial charge in [-0.25, -0.2) is 4.98 Å². The minimum atomic E-state index is -0.318. The molecule has 0 spiro atoms. The average molecular weight is 420 g/mol. The van der Waals surface area contributed by atoms with Crippen LogP contribution in [-0.2, 0) is 9.59 Å². The van der Waals surface area contributed by atoms with Crippen LogP contribution in [0.15, 0.2) is 48.5 Å². The second-order valence-electron chi connectivity index (χ2n) is 8.13. The van der Waals surface area contributed by atoms with E-state index in [1.54, 1.807) is 24.3 Å². The Morgan fingerprint density at radius 1 is 1.07 bits per heavy atom. The molecule has 2 fully saturated rings. The van der Waals surface area contributed by atoms with Gasteiger partial charge in [0.1, 0.15) is 0 Å². The van der Waals surface area contributed by atoms with Crippen LogP contribution in [0.5, 0.6) is 0 Å². The van der Waals surface area contributed by atoms with Crippen molar-refractivity contribution in [3.8, 4) is 0 Å². The molecule has 1 N–H and O–H groups in total. The van der Waals surface area contributed by atoms with Gasteiger partial charge in [0.25, 0.3) is 5.91 Å². The predicted octanol–water partition coefficient (Wildman–Crippen LogP) is 4.47. The van der Waals surface area contributed by atoms with Crippen LogP contribution in [0.1, 0.15) is 36.5 Å². The number of hydrogen-bond donors (Lipinski definition) is 1. The van der Waals surface area contributed by atoms with Gasteiger partial charge in [0.2, 0.25) is 11.8 Å². The van der Waals surface area contributed by atoms with Crippen molar-refractivity contribution in [1.29, 1.82) is 0 Å². The van der Waals surface area contributed by atoms with E-state index in [4.69, 9.17) is 0 Å². The number of aromatic nitrogens is 1. The van der Waals surface area contributed by atoms with Gasteiger partial charge in [-0.05, 0) is 55.5 Å². The molecule has 0 radical (unpaired) electrons. The third-order valence-electron chi connectivity index (χ3n) is 6.07. The molecule has 0 unspecified atom stereocenters. The minimum absolute atomic E-state index is 0.138. The Morgan fingerprint density at radius 2 is 1.87 bits per heavy atom. The number of carbonyl (C=O) groups is 3. The normalized spacial score (nSPS) is 23.6. The van der Waals surface area contributed by atoms with Crippen molar-refractivity contribution < 1.29 is 14.4 Å². The highest BCUT2D eigenvalue weighted by atomic mass is 32.1. The molecule has 3 atom stereocenters. The molecule has 1 aliphatic carbocycles. The lowest BCUT2D eigenvalue weighted by atomic mass is 9.76. The number of amides is 3. The first-order valence-electron chi connectivity index (χ1n) is 10.2. The quantitative estimate of drug-likeness (QED) is 0.635. The summed E-state index contributed by atoms with van der Waals surface area (Å²) in [5.74, 6) is -0.605. The van der Waals surface area contributed by atoms with Gasteiger partial charge in [0.15, 0.2) is 5.13 Å². The number of nitrogens with one attached hydrogen (secondary N) is 1. The summed E-state index contributed by atoms with van der Waals surface area (Å²) in [5.41, 5.74) is 1.68. The second-order valence-corrected chi connectivity index (χ2v) is 9.16. The molecule has 30 heavy (non-hydrogen) atoms. The van der Waals surface area contributed by atoms with Gasteiger partial charge < -0.3 is 0 Å². The maximum Gasteiger partial charge on any atom is 0.257 e. The maximum atomic E-state index is 13.0. The summed E-state index contributed by atoms with van der Waals surface area (Å²) < 4.78 is 0.992. The molecular weight excluding hydrogens is 398 g/mol. The van der Waals surface area contributed by atoms with Gasteiger partial charge in [-0.1, -0.05) is 36.5 Å². The number of rotatable bonds is 3. The van der Waals surface area contributed by atoms with Crippen molar-refractivity contribution in [2.45, 2.75) is 26.2 Å². The van der Waals surface area contributed by atoms with Gasteiger partial charge in [0, 0.05) is 5.56 Å². The summed E-state index contributed by atoms with van der Waals surface area (Å²) in [4.78, 5) is 44.4. The maximum absolute atomic E-state index is 13.0. The number of thiazole rings is 1. The van der Waals surface area contributed by atoms with E-state index in [9.17, 15) is 14.4 Å². The van der Waals surface area contributed by atoms with E-state index in [0.29, 0.717) is 22.3 Å². The molecule has 2 heterocycles. The fourth-order valence-electron chi connectivity index (χ4n) is 4.53. The van der Waals surface area contributed by atoms with E-state index in [1.165, 1.54) is 16.2 Å². The number of carbonyl (C=O) groups excluding carboxylic acids is 3. The number of imide groups is 1. The zero-order valence-electron chi connectivity index (χ0n) is 16.5. The SMILES string of the molecule is C[C@H]1CC[C@@H]2C(=O)N(c3cccc(C(=O)Nc4nc5ccccc5s4)c3)C(=O)[C@@H]2C1. The summed E-state index contributed by atoms with van der Waals surface area (Å²) in [5, 5.41) is 3.34. The Kier molecular flexibility index (Phi) is 4.62. The molecule has 3 aromatic rings. The van der Waals surface area contributed by atoms with E-state index in [0.717, 1.165) is 29.5 Å². The highest BCUT2D eigenvalue weighted by Gasteiger charge is 2.50. The van der Waals surface area contributed by atoms with Crippen LogP contribution in [-0.4, -0.2) is 22.7 Å². The van der Waals surface area contributed by atoms with Crippen LogP contribution < -0.4 is 10.2 Å². The Hall–Kier alpha value is -3.06. The molecule has 152 valence electrons. The predicted molar refractivity (Wildman–Crippen MR) is 117 cm³/mol. The molecule has 2 aromatic carbocycles. The topological polar surface area (TPSA) is 79.4 Å². The summed E-state index contributed by atoms with van der Waals surface area (Å²) in [7, 11) is 0. The van der Waals surface area contributed by atoms with E-state index < -0.39 is 0 Å². The van der Waals surface area contributed by atoms with Crippen molar-refractivity contribution >= 4 is 50.1 Å². The van der Waals surface area contributed by atoms with Gasteiger partial charge in [-0.15, -0.1) is 0 Å². The Labute approximate surface area is 177 Å². The zero-order chi connectivity index (χ0) is 20.8. The fraction of sp³-hybridized carbons (Fsp3) is 0.304. The van der Waals surface area contributed by atoms with E-state index in [-0.39, 0.29) is 29.6 Å². The highest BCUT2D eigenvalue weighted by Crippen LogP contribution is 2.42. The molecular formula is C23H21N3O3S. The Morgan fingerprint density at radius 3 is 2.70 bits per heavy atom. The zero-order valence-corrected chi connectivity index (χ0v) is 17.3. The van der Waals surface area contributed by atoms with Crippen LogP contribution in [0.3, 0.4) is 0 Å². The van der Waals surface area contributed by atoms with Crippen LogP contribution in [0.4, 0.5) is 10.8 Å². The van der Waals surface area contributed by atoms with Gasteiger partial charge in [-0.2, -0.15) is 0 Å². The van der Waals surface area contributed by atoms with Crippen molar-refractivity contribution in [2.24, 2.45) is 17.8 Å². The summed E-state index contributed by atoms with van der Waals surface area (Å²) in [6.07, 6.45) is 2.48. The van der Waals surface area contributed by atoms with Gasteiger partial charge >= 0.3 is 0 Å². The molecule has 0 bridgehead atoms. The lowest BCUT2D eigenvalue weighted by Gasteiger charge is -2.25. The number of benzene rings is 2. The van der Waals surface area contributed by atoms with Crippen molar-refractivity contribution in [3.05, 3.63) is 54.1 Å². The summed E-state index contributed by atoms with van der Waals surface area (Å²) in [6, 6.07) is 14.4. The first-order chi connectivity index (χ1) is 14.5. The van der Waals surface area contributed by atoms with Crippen LogP contribution in [0, 0.1) is 17.8 Å². The summed E-state index contributed by atoms with van der Waals surface area (Å²) >= 11 is 1.40. The first kappa shape index (κ1) is 18.9. The third kappa shape index (κ3) is 3.19. The third-order valence-corrected chi connectivity index (χ3v) is 7.02. The molecule has 3 amide bonds. The van der Waals surface area contributed by atoms with Crippen molar-refractivity contribution in [1.82, 2.24) is 4.98 Å². The minimum Gasteiger partial charge on any atom is -0.298 e. The smallest absolute Gasteiger partial charge is 0.257 e. The Balaban J connectivity index is 1.39. The average Bonchev–Trinajstić information content (AvgIpc) is 3.26. The highest BCUT2D eigenvalue weighted by molar-refractivity contribution is 7.22.